The van der Waals surface area contributed by atoms with E-state index >= 15 is 0 Å². The summed E-state index contributed by atoms with van der Waals surface area (Å²) in [7, 11) is 1.53. The molecule has 1 heterocycles. The number of benzene rings is 1. The number of ether oxygens (including phenoxy) is 1. The van der Waals surface area contributed by atoms with Crippen LogP contribution >= 0.6 is 0 Å². The Bertz CT molecular complexity index is 608. The van der Waals surface area contributed by atoms with E-state index in [1.165, 1.54) is 13.4 Å². The molecular weight excluding hydrogens is 272 g/mol. The van der Waals surface area contributed by atoms with Gasteiger partial charge in [-0.05, 0) is 30.3 Å². The molecule has 0 spiro atoms. The van der Waals surface area contributed by atoms with Gasteiger partial charge in [-0.15, -0.1) is 0 Å². The molecule has 6 heteroatoms. The molecule has 2 amide bonds. The lowest BCUT2D eigenvalue weighted by atomic mass is 10.2. The average Bonchev–Trinajstić information content (AvgIpc) is 3.04. The zero-order valence-corrected chi connectivity index (χ0v) is 11.6. The highest BCUT2D eigenvalue weighted by Gasteiger charge is 2.09. The van der Waals surface area contributed by atoms with Crippen molar-refractivity contribution in [2.75, 3.05) is 13.7 Å². The number of furan rings is 1. The third-order valence-corrected chi connectivity index (χ3v) is 2.78. The molecule has 0 saturated carbocycles. The maximum atomic E-state index is 11.9. The lowest BCUT2D eigenvalue weighted by Gasteiger charge is -2.07. The van der Waals surface area contributed by atoms with Gasteiger partial charge in [0.05, 0.1) is 26.5 Å². The number of hydrogen-bond acceptors (Lipinski definition) is 4. The number of rotatable bonds is 6. The standard InChI is InChI=1S/C15H16N2O4/c1-20-12-5-2-4-11(8-12)15(19)17-10-14(18)16-9-13-6-3-7-21-13/h2-8H,9-10H2,1H3,(H,16,18)(H,17,19). The molecule has 2 N–H and O–H groups in total. The zero-order valence-electron chi connectivity index (χ0n) is 11.6. The van der Waals surface area contributed by atoms with Crippen LogP contribution in [0.15, 0.2) is 47.1 Å². The highest BCUT2D eigenvalue weighted by molar-refractivity contribution is 5.96. The first-order valence-corrected chi connectivity index (χ1v) is 6.40. The zero-order chi connectivity index (χ0) is 15.1. The SMILES string of the molecule is COc1cccc(C(=O)NCC(=O)NCc2ccco2)c1. The van der Waals surface area contributed by atoms with Crippen molar-refractivity contribution < 1.29 is 18.7 Å². The van der Waals surface area contributed by atoms with Crippen molar-refractivity contribution in [2.24, 2.45) is 0 Å². The van der Waals surface area contributed by atoms with Crippen LogP contribution in [0.25, 0.3) is 0 Å². The summed E-state index contributed by atoms with van der Waals surface area (Å²) in [4.78, 5) is 23.5. The molecule has 0 radical (unpaired) electrons. The van der Waals surface area contributed by atoms with E-state index in [0.717, 1.165) is 0 Å². The minimum absolute atomic E-state index is 0.100. The molecule has 0 fully saturated rings. The van der Waals surface area contributed by atoms with Crippen LogP contribution in [0.4, 0.5) is 0 Å². The molecule has 0 aliphatic carbocycles. The smallest absolute Gasteiger partial charge is 0.251 e. The van der Waals surface area contributed by atoms with Crippen LogP contribution in [0.2, 0.25) is 0 Å². The molecule has 6 nitrogen and oxygen atoms in total. The van der Waals surface area contributed by atoms with E-state index in [2.05, 4.69) is 10.6 Å². The van der Waals surface area contributed by atoms with Crippen molar-refractivity contribution in [3.05, 3.63) is 54.0 Å². The third kappa shape index (κ3) is 4.38. The first kappa shape index (κ1) is 14.6. The van der Waals surface area contributed by atoms with Crippen LogP contribution < -0.4 is 15.4 Å². The van der Waals surface area contributed by atoms with Gasteiger partial charge in [-0.3, -0.25) is 9.59 Å². The van der Waals surface area contributed by atoms with E-state index in [-0.39, 0.29) is 18.4 Å². The Kier molecular flexibility index (Phi) is 4.98. The second-order valence-corrected chi connectivity index (χ2v) is 4.27. The minimum Gasteiger partial charge on any atom is -0.497 e. The quantitative estimate of drug-likeness (QED) is 0.840. The van der Waals surface area contributed by atoms with Gasteiger partial charge in [-0.2, -0.15) is 0 Å². The topological polar surface area (TPSA) is 80.6 Å². The number of hydrogen-bond donors (Lipinski definition) is 2. The van der Waals surface area contributed by atoms with E-state index in [1.54, 1.807) is 36.4 Å². The molecule has 1 aromatic carbocycles. The van der Waals surface area contributed by atoms with Gasteiger partial charge in [-0.25, -0.2) is 0 Å². The molecule has 1 aromatic heterocycles. The second kappa shape index (κ2) is 7.14. The minimum atomic E-state index is -0.331. The van der Waals surface area contributed by atoms with Gasteiger partial charge in [0.1, 0.15) is 11.5 Å². The Morgan fingerprint density at radius 3 is 2.76 bits per heavy atom. The lowest BCUT2D eigenvalue weighted by molar-refractivity contribution is -0.120. The maximum absolute atomic E-state index is 11.9. The Hall–Kier alpha value is -2.76. The van der Waals surface area contributed by atoms with Crippen LogP contribution in [-0.2, 0) is 11.3 Å². The largest absolute Gasteiger partial charge is 0.497 e. The van der Waals surface area contributed by atoms with E-state index in [4.69, 9.17) is 9.15 Å². The van der Waals surface area contributed by atoms with Crippen LogP contribution in [0.5, 0.6) is 5.75 Å². The van der Waals surface area contributed by atoms with Crippen molar-refractivity contribution in [2.45, 2.75) is 6.54 Å². The average molecular weight is 288 g/mol. The monoisotopic (exact) mass is 288 g/mol. The van der Waals surface area contributed by atoms with Crippen molar-refractivity contribution in [1.29, 1.82) is 0 Å². The Morgan fingerprint density at radius 2 is 2.05 bits per heavy atom. The number of methoxy groups -OCH3 is 1. The molecule has 2 rings (SSSR count). The Balaban J connectivity index is 1.78. The molecule has 0 saturated heterocycles. The molecule has 0 aliphatic rings. The van der Waals surface area contributed by atoms with Crippen LogP contribution in [0.3, 0.4) is 0 Å². The fourth-order valence-corrected chi connectivity index (χ4v) is 1.69. The van der Waals surface area contributed by atoms with Gasteiger partial charge in [0, 0.05) is 5.56 Å². The summed E-state index contributed by atoms with van der Waals surface area (Å²) in [6.45, 7) is 0.192. The van der Waals surface area contributed by atoms with Crippen molar-refractivity contribution >= 4 is 11.8 Å². The van der Waals surface area contributed by atoms with Gasteiger partial charge in [0.15, 0.2) is 0 Å². The summed E-state index contributed by atoms with van der Waals surface area (Å²) < 4.78 is 10.1. The highest BCUT2D eigenvalue weighted by Crippen LogP contribution is 2.12. The summed E-state index contributed by atoms with van der Waals surface area (Å²) in [5.41, 5.74) is 0.438. The normalized spacial score (nSPS) is 9.95. The summed E-state index contributed by atoms with van der Waals surface area (Å²) >= 11 is 0. The molecule has 0 aliphatic heterocycles. The van der Waals surface area contributed by atoms with Crippen LogP contribution in [0.1, 0.15) is 16.1 Å². The third-order valence-electron chi connectivity index (χ3n) is 2.78. The Morgan fingerprint density at radius 1 is 1.19 bits per heavy atom. The van der Waals surface area contributed by atoms with E-state index in [9.17, 15) is 9.59 Å². The number of carbonyl (C=O) groups is 2. The first-order valence-electron chi connectivity index (χ1n) is 6.40. The summed E-state index contributed by atoms with van der Waals surface area (Å²) in [6, 6.07) is 10.2. The molecule has 0 atom stereocenters. The Labute approximate surface area is 122 Å². The molecule has 21 heavy (non-hydrogen) atoms. The predicted molar refractivity (Wildman–Crippen MR) is 75.9 cm³/mol. The molecule has 0 bridgehead atoms. The summed E-state index contributed by atoms with van der Waals surface area (Å²) in [6.07, 6.45) is 1.53. The lowest BCUT2D eigenvalue weighted by Crippen LogP contribution is -2.36. The molecule has 0 unspecified atom stereocenters. The number of amides is 2. The van der Waals surface area contributed by atoms with Gasteiger partial charge in [0.25, 0.3) is 5.91 Å². The second-order valence-electron chi connectivity index (χ2n) is 4.27. The molecule has 110 valence electrons. The van der Waals surface area contributed by atoms with E-state index in [1.807, 2.05) is 0 Å². The van der Waals surface area contributed by atoms with Crippen LogP contribution in [0, 0.1) is 0 Å². The van der Waals surface area contributed by atoms with Crippen molar-refractivity contribution in [3.63, 3.8) is 0 Å². The fourth-order valence-electron chi connectivity index (χ4n) is 1.69. The molecule has 2 aromatic rings. The van der Waals surface area contributed by atoms with Gasteiger partial charge in [-0.1, -0.05) is 6.07 Å². The first-order chi connectivity index (χ1) is 10.2. The summed E-state index contributed by atoms with van der Waals surface area (Å²) in [5, 5.41) is 5.19. The van der Waals surface area contributed by atoms with Gasteiger partial charge < -0.3 is 19.8 Å². The van der Waals surface area contributed by atoms with E-state index < -0.39 is 0 Å². The fraction of sp³-hybridized carbons (Fsp3) is 0.200. The van der Waals surface area contributed by atoms with Crippen molar-refractivity contribution in [3.8, 4) is 5.75 Å². The van der Waals surface area contributed by atoms with E-state index in [0.29, 0.717) is 23.6 Å². The number of nitrogens with one attached hydrogen (secondary N) is 2. The molecular formula is C15H16N2O4. The van der Waals surface area contributed by atoms with Gasteiger partial charge >= 0.3 is 0 Å². The van der Waals surface area contributed by atoms with Crippen molar-refractivity contribution in [1.82, 2.24) is 10.6 Å². The predicted octanol–water partition coefficient (Wildman–Crippen LogP) is 1.33. The summed E-state index contributed by atoms with van der Waals surface area (Å²) in [5.74, 6) is 0.622. The highest BCUT2D eigenvalue weighted by atomic mass is 16.5. The maximum Gasteiger partial charge on any atom is 0.251 e. The number of carbonyl (C=O) groups excluding carboxylic acids is 2. The van der Waals surface area contributed by atoms with Gasteiger partial charge in [0.2, 0.25) is 5.91 Å². The van der Waals surface area contributed by atoms with Crippen LogP contribution in [-0.4, -0.2) is 25.5 Å².